The fourth-order valence-electron chi connectivity index (χ4n) is 1.51. The van der Waals surface area contributed by atoms with Crippen LogP contribution in [0, 0.1) is 12.3 Å². The molecule has 0 saturated carbocycles. The molecule has 0 radical (unpaired) electrons. The van der Waals surface area contributed by atoms with E-state index in [2.05, 4.69) is 10.3 Å². The van der Waals surface area contributed by atoms with Crippen molar-refractivity contribution in [2.24, 2.45) is 5.73 Å². The average molecular weight is 247 g/mol. The molecule has 17 heavy (non-hydrogen) atoms. The van der Waals surface area contributed by atoms with Gasteiger partial charge in [0, 0.05) is 5.69 Å². The number of nitrogens with one attached hydrogen (secondary N) is 2. The van der Waals surface area contributed by atoms with Crippen LogP contribution in [-0.4, -0.2) is 10.9 Å². The predicted molar refractivity (Wildman–Crippen MR) is 72.2 cm³/mol. The van der Waals surface area contributed by atoms with Crippen LogP contribution in [0.1, 0.15) is 5.69 Å². The first-order valence-electron chi connectivity index (χ1n) is 5.00. The van der Waals surface area contributed by atoms with Crippen LogP contribution in [0.3, 0.4) is 0 Å². The van der Waals surface area contributed by atoms with Crippen LogP contribution >= 0.6 is 11.3 Å². The molecule has 0 aliphatic carbocycles. The summed E-state index contributed by atoms with van der Waals surface area (Å²) in [6.45, 7) is 1.92. The van der Waals surface area contributed by atoms with E-state index in [-0.39, 0.29) is 5.96 Å². The third-order valence-corrected chi connectivity index (χ3v) is 3.31. The van der Waals surface area contributed by atoms with E-state index >= 15 is 0 Å². The molecule has 2 aromatic rings. The van der Waals surface area contributed by atoms with Crippen molar-refractivity contribution in [3.05, 3.63) is 30.0 Å². The fraction of sp³-hybridized carbons (Fsp3) is 0.0909. The third-order valence-electron chi connectivity index (χ3n) is 2.19. The molecule has 0 amide bonds. The van der Waals surface area contributed by atoms with Crippen molar-refractivity contribution in [1.29, 1.82) is 5.41 Å². The zero-order chi connectivity index (χ0) is 12.4. The molecule has 1 aromatic heterocycles. The molecule has 5 nitrogen and oxygen atoms in total. The summed E-state index contributed by atoms with van der Waals surface area (Å²) in [6, 6.07) is 7.63. The lowest BCUT2D eigenvalue weighted by molar-refractivity contribution is 1.26. The number of nitrogens with zero attached hydrogens (tertiary/aromatic N) is 1. The summed E-state index contributed by atoms with van der Waals surface area (Å²) in [5, 5.41) is 10.5. The maximum atomic E-state index is 7.16. The van der Waals surface area contributed by atoms with Crippen LogP contribution in [0.25, 0.3) is 10.4 Å². The summed E-state index contributed by atoms with van der Waals surface area (Å²) >= 11 is 1.45. The lowest BCUT2D eigenvalue weighted by Gasteiger charge is -1.99. The van der Waals surface area contributed by atoms with Crippen molar-refractivity contribution in [2.45, 2.75) is 6.92 Å². The number of hydrogen-bond acceptors (Lipinski definition) is 4. The largest absolute Gasteiger partial charge is 0.399 e. The van der Waals surface area contributed by atoms with Crippen LogP contribution in [0.4, 0.5) is 10.8 Å². The summed E-state index contributed by atoms with van der Waals surface area (Å²) in [6.07, 6.45) is 0. The van der Waals surface area contributed by atoms with Crippen LogP contribution < -0.4 is 16.8 Å². The van der Waals surface area contributed by atoms with Crippen molar-refractivity contribution in [2.75, 3.05) is 11.1 Å². The Morgan fingerprint density at radius 3 is 2.88 bits per heavy atom. The van der Waals surface area contributed by atoms with E-state index in [1.165, 1.54) is 11.3 Å². The van der Waals surface area contributed by atoms with Crippen LogP contribution in [-0.2, 0) is 0 Å². The van der Waals surface area contributed by atoms with Crippen molar-refractivity contribution in [1.82, 2.24) is 4.98 Å². The highest BCUT2D eigenvalue weighted by molar-refractivity contribution is 7.19. The Morgan fingerprint density at radius 1 is 1.47 bits per heavy atom. The molecule has 6 N–H and O–H groups in total. The molecule has 0 aliphatic heterocycles. The van der Waals surface area contributed by atoms with E-state index in [1.54, 1.807) is 0 Å². The zero-order valence-electron chi connectivity index (χ0n) is 9.32. The number of hydrogen-bond donors (Lipinski definition) is 4. The van der Waals surface area contributed by atoms with Gasteiger partial charge in [-0.2, -0.15) is 0 Å². The van der Waals surface area contributed by atoms with E-state index in [1.807, 2.05) is 31.2 Å². The summed E-state index contributed by atoms with van der Waals surface area (Å²) in [4.78, 5) is 5.33. The normalized spacial score (nSPS) is 10.2. The van der Waals surface area contributed by atoms with Gasteiger partial charge in [-0.1, -0.05) is 23.5 Å². The maximum absolute atomic E-state index is 7.16. The smallest absolute Gasteiger partial charge is 0.192 e. The fourth-order valence-corrected chi connectivity index (χ4v) is 2.49. The monoisotopic (exact) mass is 247 g/mol. The topological polar surface area (TPSA) is 101 Å². The number of aryl methyl sites for hydroxylation is 1. The Hall–Kier alpha value is -2.08. The number of rotatable bonds is 2. The number of aromatic nitrogens is 1. The van der Waals surface area contributed by atoms with Gasteiger partial charge >= 0.3 is 0 Å². The molecule has 0 fully saturated rings. The Labute approximate surface area is 103 Å². The number of benzene rings is 1. The molecule has 0 spiro atoms. The molecule has 0 aliphatic rings. The van der Waals surface area contributed by atoms with E-state index in [0.717, 1.165) is 21.8 Å². The molecule has 6 heteroatoms. The molecular formula is C11H13N5S. The van der Waals surface area contributed by atoms with E-state index in [9.17, 15) is 0 Å². The second kappa shape index (κ2) is 4.42. The molecule has 1 aromatic carbocycles. The van der Waals surface area contributed by atoms with E-state index < -0.39 is 0 Å². The third kappa shape index (κ3) is 2.54. The van der Waals surface area contributed by atoms with Crippen molar-refractivity contribution < 1.29 is 0 Å². The standard InChI is InChI=1S/C11H13N5S/c1-6-9(7-3-2-4-8(12)5-7)17-11(15-6)16-10(13)14/h2-5H,12H2,1H3,(H4,13,14,15,16). The maximum Gasteiger partial charge on any atom is 0.192 e. The summed E-state index contributed by atoms with van der Waals surface area (Å²) in [5.41, 5.74) is 13.6. The van der Waals surface area contributed by atoms with Crippen LogP contribution in [0.5, 0.6) is 0 Å². The second-order valence-corrected chi connectivity index (χ2v) is 4.60. The van der Waals surface area contributed by atoms with Gasteiger partial charge in [-0.05, 0) is 24.6 Å². The van der Waals surface area contributed by atoms with Gasteiger partial charge in [-0.3, -0.25) is 5.41 Å². The number of nitrogen functional groups attached to an aromatic ring is 1. The minimum absolute atomic E-state index is 0.113. The number of guanidine groups is 1. The first-order valence-corrected chi connectivity index (χ1v) is 5.82. The minimum atomic E-state index is -0.113. The molecule has 1 heterocycles. The highest BCUT2D eigenvalue weighted by Gasteiger charge is 2.10. The van der Waals surface area contributed by atoms with Gasteiger partial charge in [-0.25, -0.2) is 4.98 Å². The predicted octanol–water partition coefficient (Wildman–Crippen LogP) is 2.01. The Balaban J connectivity index is 2.39. The summed E-state index contributed by atoms with van der Waals surface area (Å²) in [7, 11) is 0. The Bertz CT molecular complexity index is 561. The molecule has 0 bridgehead atoms. The van der Waals surface area contributed by atoms with Gasteiger partial charge < -0.3 is 16.8 Å². The molecule has 0 unspecified atom stereocenters. The number of nitrogens with two attached hydrogens (primary N) is 2. The second-order valence-electron chi connectivity index (χ2n) is 3.60. The van der Waals surface area contributed by atoms with Crippen LogP contribution in [0.15, 0.2) is 24.3 Å². The minimum Gasteiger partial charge on any atom is -0.399 e. The molecule has 2 rings (SSSR count). The van der Waals surface area contributed by atoms with Gasteiger partial charge in [0.25, 0.3) is 0 Å². The molecule has 88 valence electrons. The Kier molecular flexibility index (Phi) is 2.97. The van der Waals surface area contributed by atoms with Gasteiger partial charge in [0.2, 0.25) is 0 Å². The quantitative estimate of drug-likeness (QED) is 0.370. The van der Waals surface area contributed by atoms with Crippen molar-refractivity contribution in [3.63, 3.8) is 0 Å². The Morgan fingerprint density at radius 2 is 2.24 bits per heavy atom. The first kappa shape index (κ1) is 11.4. The van der Waals surface area contributed by atoms with E-state index in [4.69, 9.17) is 16.9 Å². The molecule has 0 atom stereocenters. The summed E-state index contributed by atoms with van der Waals surface area (Å²) < 4.78 is 0. The van der Waals surface area contributed by atoms with Crippen LogP contribution in [0.2, 0.25) is 0 Å². The SMILES string of the molecule is Cc1nc(NC(=N)N)sc1-c1cccc(N)c1. The highest BCUT2D eigenvalue weighted by Crippen LogP contribution is 2.33. The van der Waals surface area contributed by atoms with Gasteiger partial charge in [0.05, 0.1) is 10.6 Å². The van der Waals surface area contributed by atoms with E-state index in [0.29, 0.717) is 5.13 Å². The van der Waals surface area contributed by atoms with Gasteiger partial charge in [-0.15, -0.1) is 0 Å². The number of thiazole rings is 1. The lowest BCUT2D eigenvalue weighted by atomic mass is 10.1. The van der Waals surface area contributed by atoms with Gasteiger partial charge in [0.15, 0.2) is 11.1 Å². The van der Waals surface area contributed by atoms with Crippen molar-refractivity contribution in [3.8, 4) is 10.4 Å². The summed E-state index contributed by atoms with van der Waals surface area (Å²) in [5.74, 6) is -0.113. The highest BCUT2D eigenvalue weighted by atomic mass is 32.1. The molecule has 0 saturated heterocycles. The lowest BCUT2D eigenvalue weighted by Crippen LogP contribution is -2.20. The molecular weight excluding hydrogens is 234 g/mol. The van der Waals surface area contributed by atoms with Crippen molar-refractivity contribution >= 4 is 28.1 Å². The van der Waals surface area contributed by atoms with Gasteiger partial charge in [0.1, 0.15) is 0 Å². The average Bonchev–Trinajstić information content (AvgIpc) is 2.58. The first-order chi connectivity index (χ1) is 8.06. The number of anilines is 2. The zero-order valence-corrected chi connectivity index (χ0v) is 10.1.